The molecule has 0 saturated carbocycles. The number of thiocarbonyl (C=S) groups is 1. The van der Waals surface area contributed by atoms with Gasteiger partial charge in [0.1, 0.15) is 0 Å². The van der Waals surface area contributed by atoms with Gasteiger partial charge in [0.2, 0.25) is 0 Å². The third kappa shape index (κ3) is 4.68. The van der Waals surface area contributed by atoms with E-state index in [1.54, 1.807) is 0 Å². The molecule has 2 heterocycles. The third-order valence-electron chi connectivity index (χ3n) is 5.00. The molecule has 2 aliphatic rings. The van der Waals surface area contributed by atoms with E-state index in [-0.39, 0.29) is 23.7 Å². The molecule has 26 heavy (non-hydrogen) atoms. The van der Waals surface area contributed by atoms with Crippen LogP contribution in [0.4, 0.5) is 5.69 Å². The number of rotatable bonds is 4. The minimum Gasteiger partial charge on any atom is -0.376 e. The Kier molecular flexibility index (Phi) is 6.11. The summed E-state index contributed by atoms with van der Waals surface area (Å²) in [5, 5.41) is 4.38. The van der Waals surface area contributed by atoms with Crippen LogP contribution >= 0.6 is 23.8 Å². The number of ether oxygens (including phenoxy) is 1. The lowest BCUT2D eigenvalue weighted by atomic mass is 10.1. The van der Waals surface area contributed by atoms with Crippen molar-refractivity contribution in [1.29, 1.82) is 0 Å². The van der Waals surface area contributed by atoms with Gasteiger partial charge in [-0.3, -0.25) is 0 Å². The van der Waals surface area contributed by atoms with Crippen molar-refractivity contribution < 1.29 is 13.2 Å². The van der Waals surface area contributed by atoms with E-state index in [1.165, 1.54) is 0 Å². The van der Waals surface area contributed by atoms with Crippen LogP contribution in [0.15, 0.2) is 12.1 Å². The smallest absolute Gasteiger partial charge is 0.173 e. The SMILES string of the molecule is Cc1cc(C)c(NC(=S)N(C[C@H]2CCCO2)[C@H]2CCS(=O)(=O)C2)c(Cl)c1. The Morgan fingerprint density at radius 2 is 2.15 bits per heavy atom. The number of sulfone groups is 1. The van der Waals surface area contributed by atoms with Gasteiger partial charge in [0.25, 0.3) is 0 Å². The largest absolute Gasteiger partial charge is 0.376 e. The van der Waals surface area contributed by atoms with Crippen LogP contribution in [0.25, 0.3) is 0 Å². The molecule has 2 saturated heterocycles. The number of aryl methyl sites for hydroxylation is 2. The molecule has 2 fully saturated rings. The van der Waals surface area contributed by atoms with Gasteiger partial charge in [-0.25, -0.2) is 8.42 Å². The molecule has 8 heteroatoms. The topological polar surface area (TPSA) is 58.6 Å². The molecule has 1 N–H and O–H groups in total. The first kappa shape index (κ1) is 19.9. The molecule has 2 aliphatic heterocycles. The van der Waals surface area contributed by atoms with Crippen LogP contribution in [0.5, 0.6) is 0 Å². The number of anilines is 1. The van der Waals surface area contributed by atoms with Crippen LogP contribution in [0.3, 0.4) is 0 Å². The minimum atomic E-state index is -3.00. The van der Waals surface area contributed by atoms with Crippen molar-refractivity contribution in [2.75, 3.05) is 30.0 Å². The first-order chi connectivity index (χ1) is 12.2. The Morgan fingerprint density at radius 3 is 2.73 bits per heavy atom. The molecule has 0 aromatic heterocycles. The van der Waals surface area contributed by atoms with Crippen LogP contribution in [0.2, 0.25) is 5.02 Å². The fraction of sp³-hybridized carbons (Fsp3) is 0.611. The van der Waals surface area contributed by atoms with E-state index in [0.717, 1.165) is 36.3 Å². The quantitative estimate of drug-likeness (QED) is 0.760. The highest BCUT2D eigenvalue weighted by atomic mass is 35.5. The summed E-state index contributed by atoms with van der Waals surface area (Å²) < 4.78 is 29.7. The maximum absolute atomic E-state index is 12.0. The van der Waals surface area contributed by atoms with Crippen molar-refractivity contribution in [3.63, 3.8) is 0 Å². The summed E-state index contributed by atoms with van der Waals surface area (Å²) >= 11 is 12.1. The summed E-state index contributed by atoms with van der Waals surface area (Å²) in [6.45, 7) is 5.33. The second-order valence-corrected chi connectivity index (χ2v) is 10.2. The standard InChI is InChI=1S/C18H25ClN2O3S2/c1-12-8-13(2)17(16(19)9-12)20-18(25)21(10-15-4-3-6-24-15)14-5-7-26(22,23)11-14/h8-9,14-15H,3-7,10-11H2,1-2H3,(H,20,25)/t14-,15+/m0/s1. The number of benzene rings is 1. The van der Waals surface area contributed by atoms with E-state index in [4.69, 9.17) is 28.6 Å². The van der Waals surface area contributed by atoms with Crippen LogP contribution in [-0.4, -0.2) is 55.2 Å². The molecule has 0 unspecified atom stereocenters. The maximum atomic E-state index is 12.0. The fourth-order valence-corrected chi connectivity index (χ4v) is 6.10. The average molecular weight is 417 g/mol. The van der Waals surface area contributed by atoms with Crippen molar-refractivity contribution in [2.24, 2.45) is 0 Å². The maximum Gasteiger partial charge on any atom is 0.173 e. The molecular weight excluding hydrogens is 392 g/mol. The highest BCUT2D eigenvalue weighted by molar-refractivity contribution is 7.91. The molecule has 0 amide bonds. The second-order valence-electron chi connectivity index (χ2n) is 7.21. The van der Waals surface area contributed by atoms with E-state index in [0.29, 0.717) is 23.1 Å². The van der Waals surface area contributed by atoms with Gasteiger partial charge in [-0.1, -0.05) is 17.7 Å². The van der Waals surface area contributed by atoms with E-state index in [2.05, 4.69) is 5.32 Å². The fourth-order valence-electron chi connectivity index (χ4n) is 3.68. The Balaban J connectivity index is 1.80. The van der Waals surface area contributed by atoms with Crippen LogP contribution in [-0.2, 0) is 14.6 Å². The zero-order valence-electron chi connectivity index (χ0n) is 15.1. The number of nitrogens with zero attached hydrogens (tertiary/aromatic N) is 1. The number of halogens is 1. The molecule has 1 aromatic carbocycles. The lowest BCUT2D eigenvalue weighted by molar-refractivity contribution is 0.0851. The molecule has 0 bridgehead atoms. The van der Waals surface area contributed by atoms with Gasteiger partial charge in [-0.05, 0) is 62.5 Å². The normalized spacial score (nSPS) is 24.6. The van der Waals surface area contributed by atoms with Gasteiger partial charge < -0.3 is 15.0 Å². The first-order valence-corrected chi connectivity index (χ1v) is 11.5. The zero-order chi connectivity index (χ0) is 18.9. The van der Waals surface area contributed by atoms with Crippen LogP contribution < -0.4 is 5.32 Å². The summed E-state index contributed by atoms with van der Waals surface area (Å²) in [5.41, 5.74) is 2.87. The number of hydrogen-bond donors (Lipinski definition) is 1. The molecule has 0 radical (unpaired) electrons. The van der Waals surface area contributed by atoms with E-state index < -0.39 is 9.84 Å². The Morgan fingerprint density at radius 1 is 1.38 bits per heavy atom. The summed E-state index contributed by atoms with van der Waals surface area (Å²) in [4.78, 5) is 1.99. The van der Waals surface area contributed by atoms with Crippen LogP contribution in [0, 0.1) is 13.8 Å². The number of hydrogen-bond acceptors (Lipinski definition) is 4. The van der Waals surface area contributed by atoms with Gasteiger partial charge in [0.15, 0.2) is 14.9 Å². The minimum absolute atomic E-state index is 0.0904. The van der Waals surface area contributed by atoms with Gasteiger partial charge in [0, 0.05) is 19.2 Å². The van der Waals surface area contributed by atoms with E-state index >= 15 is 0 Å². The molecule has 144 valence electrons. The van der Waals surface area contributed by atoms with Crippen molar-refractivity contribution in [3.8, 4) is 0 Å². The highest BCUT2D eigenvalue weighted by Gasteiger charge is 2.35. The van der Waals surface area contributed by atoms with E-state index in [1.807, 2.05) is 30.9 Å². The molecular formula is C18H25ClN2O3S2. The Bertz CT molecular complexity index is 769. The third-order valence-corrected chi connectivity index (χ3v) is 7.38. The average Bonchev–Trinajstić information content (AvgIpc) is 3.17. The lowest BCUT2D eigenvalue weighted by Crippen LogP contribution is -2.47. The van der Waals surface area contributed by atoms with E-state index in [9.17, 15) is 8.42 Å². The molecule has 0 aliphatic carbocycles. The molecule has 3 rings (SSSR count). The predicted octanol–water partition coefficient (Wildman–Crippen LogP) is 3.32. The van der Waals surface area contributed by atoms with Crippen molar-refractivity contribution in [3.05, 3.63) is 28.3 Å². The van der Waals surface area contributed by atoms with Crippen molar-refractivity contribution in [2.45, 2.75) is 45.3 Å². The van der Waals surface area contributed by atoms with Crippen molar-refractivity contribution >= 4 is 44.5 Å². The summed E-state index contributed by atoms with van der Waals surface area (Å²) in [6, 6.07) is 3.82. The summed E-state index contributed by atoms with van der Waals surface area (Å²) in [6.07, 6.45) is 2.69. The monoisotopic (exact) mass is 416 g/mol. The molecule has 1 aromatic rings. The first-order valence-electron chi connectivity index (χ1n) is 8.91. The Hall–Kier alpha value is -0.890. The van der Waals surface area contributed by atoms with Gasteiger partial charge in [0.05, 0.1) is 28.3 Å². The summed E-state index contributed by atoms with van der Waals surface area (Å²) in [7, 11) is -3.00. The molecule has 2 atom stereocenters. The number of nitrogens with one attached hydrogen (secondary N) is 1. The van der Waals surface area contributed by atoms with Gasteiger partial charge >= 0.3 is 0 Å². The molecule has 0 spiro atoms. The lowest BCUT2D eigenvalue weighted by Gasteiger charge is -2.33. The Labute approximate surface area is 166 Å². The predicted molar refractivity (Wildman–Crippen MR) is 110 cm³/mol. The molecule has 5 nitrogen and oxygen atoms in total. The second kappa shape index (κ2) is 8.00. The van der Waals surface area contributed by atoms with Gasteiger partial charge in [-0.15, -0.1) is 0 Å². The van der Waals surface area contributed by atoms with Gasteiger partial charge in [-0.2, -0.15) is 0 Å². The van der Waals surface area contributed by atoms with Crippen molar-refractivity contribution in [1.82, 2.24) is 4.90 Å². The highest BCUT2D eigenvalue weighted by Crippen LogP contribution is 2.29. The summed E-state index contributed by atoms with van der Waals surface area (Å²) in [5.74, 6) is 0.356. The zero-order valence-corrected chi connectivity index (χ0v) is 17.5. The van der Waals surface area contributed by atoms with Crippen LogP contribution in [0.1, 0.15) is 30.4 Å².